The minimum atomic E-state index is 1.06. The summed E-state index contributed by atoms with van der Waals surface area (Å²) < 4.78 is 0. The molecule has 1 nitrogen and oxygen atoms in total. The summed E-state index contributed by atoms with van der Waals surface area (Å²) in [6.45, 7) is 6.36. The average Bonchev–Trinajstić information content (AvgIpc) is 2.66. The van der Waals surface area contributed by atoms with E-state index in [0.717, 1.165) is 6.42 Å². The van der Waals surface area contributed by atoms with E-state index in [-0.39, 0.29) is 0 Å². The van der Waals surface area contributed by atoms with Gasteiger partial charge in [-0.15, -0.1) is 11.3 Å². The van der Waals surface area contributed by atoms with Gasteiger partial charge in [0.25, 0.3) is 0 Å². The summed E-state index contributed by atoms with van der Waals surface area (Å²) in [4.78, 5) is 5.36. The standard InChI is InChI=1S/C11H15NS/c1-4-9(3)6-10(5-2)11-7-12-8-13-11/h4,6-8H,5H2,1-3H3/b9-4-,10-6+. The first-order chi connectivity index (χ1) is 6.27. The number of rotatable bonds is 3. The van der Waals surface area contributed by atoms with E-state index in [9.17, 15) is 0 Å². The lowest BCUT2D eigenvalue weighted by molar-refractivity contribution is 1.24. The number of allylic oxidation sites excluding steroid dienone is 4. The first-order valence-electron chi connectivity index (χ1n) is 4.50. The molecular formula is C11H15NS. The molecule has 0 saturated heterocycles. The van der Waals surface area contributed by atoms with E-state index >= 15 is 0 Å². The summed E-state index contributed by atoms with van der Waals surface area (Å²) in [5.74, 6) is 0. The van der Waals surface area contributed by atoms with Gasteiger partial charge in [0.05, 0.1) is 10.4 Å². The molecule has 2 heteroatoms. The lowest BCUT2D eigenvalue weighted by Crippen LogP contribution is -1.78. The van der Waals surface area contributed by atoms with Gasteiger partial charge in [0.15, 0.2) is 0 Å². The van der Waals surface area contributed by atoms with Gasteiger partial charge in [0.1, 0.15) is 0 Å². The van der Waals surface area contributed by atoms with Crippen LogP contribution in [-0.2, 0) is 0 Å². The van der Waals surface area contributed by atoms with Gasteiger partial charge in [-0.25, -0.2) is 0 Å². The maximum absolute atomic E-state index is 4.08. The zero-order valence-electron chi connectivity index (χ0n) is 8.37. The molecule has 0 aromatic carbocycles. The Hall–Kier alpha value is -0.890. The van der Waals surface area contributed by atoms with Crippen molar-refractivity contribution in [1.29, 1.82) is 0 Å². The first kappa shape index (κ1) is 10.2. The van der Waals surface area contributed by atoms with E-state index in [4.69, 9.17) is 0 Å². The summed E-state index contributed by atoms with van der Waals surface area (Å²) >= 11 is 1.70. The molecule has 0 aliphatic carbocycles. The Balaban J connectivity index is 2.92. The smallest absolute Gasteiger partial charge is 0.0797 e. The second-order valence-electron chi connectivity index (χ2n) is 2.92. The number of thiazole rings is 1. The van der Waals surface area contributed by atoms with Crippen molar-refractivity contribution in [3.63, 3.8) is 0 Å². The molecule has 1 aromatic heterocycles. The average molecular weight is 193 g/mol. The molecule has 0 aliphatic heterocycles. The van der Waals surface area contributed by atoms with Gasteiger partial charge in [0.2, 0.25) is 0 Å². The van der Waals surface area contributed by atoms with Crippen LogP contribution in [0.1, 0.15) is 32.1 Å². The molecule has 13 heavy (non-hydrogen) atoms. The van der Waals surface area contributed by atoms with Gasteiger partial charge in [-0.2, -0.15) is 0 Å². The van der Waals surface area contributed by atoms with Gasteiger partial charge < -0.3 is 0 Å². The van der Waals surface area contributed by atoms with Crippen molar-refractivity contribution >= 4 is 16.9 Å². The van der Waals surface area contributed by atoms with Crippen LogP contribution in [-0.4, -0.2) is 4.98 Å². The first-order valence-corrected chi connectivity index (χ1v) is 5.38. The Morgan fingerprint density at radius 3 is 2.85 bits per heavy atom. The fraction of sp³-hybridized carbons (Fsp3) is 0.364. The van der Waals surface area contributed by atoms with E-state index in [0.29, 0.717) is 0 Å². The third-order valence-electron chi connectivity index (χ3n) is 1.99. The van der Waals surface area contributed by atoms with Crippen molar-refractivity contribution in [3.8, 4) is 0 Å². The molecule has 1 aromatic rings. The quantitative estimate of drug-likeness (QED) is 0.663. The van der Waals surface area contributed by atoms with Gasteiger partial charge in [-0.1, -0.05) is 24.6 Å². The number of hydrogen-bond donors (Lipinski definition) is 0. The highest BCUT2D eigenvalue weighted by Gasteiger charge is 1.99. The molecule has 0 radical (unpaired) electrons. The lowest BCUT2D eigenvalue weighted by atomic mass is 10.1. The fourth-order valence-corrected chi connectivity index (χ4v) is 1.79. The van der Waals surface area contributed by atoms with Crippen LogP contribution in [0.2, 0.25) is 0 Å². The highest BCUT2D eigenvalue weighted by atomic mass is 32.1. The Labute approximate surface area is 83.8 Å². The molecule has 1 heterocycles. The highest BCUT2D eigenvalue weighted by molar-refractivity contribution is 7.10. The summed E-state index contributed by atoms with van der Waals surface area (Å²) in [6, 6.07) is 0. The molecule has 1 rings (SSSR count). The summed E-state index contributed by atoms with van der Waals surface area (Å²) in [7, 11) is 0. The zero-order valence-corrected chi connectivity index (χ0v) is 9.19. The molecule has 0 saturated carbocycles. The molecule has 0 aliphatic rings. The van der Waals surface area contributed by atoms with Crippen molar-refractivity contribution in [2.75, 3.05) is 0 Å². The van der Waals surface area contributed by atoms with Crippen LogP contribution < -0.4 is 0 Å². The minimum absolute atomic E-state index is 1.06. The third kappa shape index (κ3) is 2.81. The minimum Gasteiger partial charge on any atom is -0.253 e. The molecule has 0 spiro atoms. The van der Waals surface area contributed by atoms with Crippen LogP contribution in [0.25, 0.3) is 5.57 Å². The predicted molar refractivity (Wildman–Crippen MR) is 59.8 cm³/mol. The summed E-state index contributed by atoms with van der Waals surface area (Å²) in [5.41, 5.74) is 4.56. The molecular weight excluding hydrogens is 178 g/mol. The van der Waals surface area contributed by atoms with E-state index in [1.807, 2.05) is 11.7 Å². The predicted octanol–water partition coefficient (Wildman–Crippen LogP) is 3.90. The number of aromatic nitrogens is 1. The number of hydrogen-bond acceptors (Lipinski definition) is 2. The van der Waals surface area contributed by atoms with Crippen LogP contribution in [0.15, 0.2) is 29.4 Å². The summed E-state index contributed by atoms with van der Waals surface area (Å²) in [6.07, 6.45) is 7.35. The number of nitrogens with zero attached hydrogens (tertiary/aromatic N) is 1. The van der Waals surface area contributed by atoms with Crippen LogP contribution >= 0.6 is 11.3 Å². The maximum atomic E-state index is 4.08. The molecule has 0 unspecified atom stereocenters. The molecule has 70 valence electrons. The Bertz CT molecular complexity index is 307. The summed E-state index contributed by atoms with van der Waals surface area (Å²) in [5, 5.41) is 0. The molecule has 0 bridgehead atoms. The van der Waals surface area contributed by atoms with Crippen molar-refractivity contribution in [2.45, 2.75) is 27.2 Å². The molecule has 0 amide bonds. The zero-order chi connectivity index (χ0) is 9.68. The van der Waals surface area contributed by atoms with Crippen LogP contribution in [0.5, 0.6) is 0 Å². The van der Waals surface area contributed by atoms with Crippen molar-refractivity contribution < 1.29 is 0 Å². The highest BCUT2D eigenvalue weighted by Crippen LogP contribution is 2.22. The van der Waals surface area contributed by atoms with Crippen molar-refractivity contribution in [1.82, 2.24) is 4.98 Å². The van der Waals surface area contributed by atoms with E-state index in [2.05, 4.69) is 37.9 Å². The molecule has 0 fully saturated rings. The normalized spacial score (nSPS) is 13.5. The van der Waals surface area contributed by atoms with Gasteiger partial charge in [-0.3, -0.25) is 4.98 Å². The van der Waals surface area contributed by atoms with Gasteiger partial charge >= 0.3 is 0 Å². The topological polar surface area (TPSA) is 12.9 Å². The Morgan fingerprint density at radius 1 is 1.62 bits per heavy atom. The second kappa shape index (κ2) is 4.97. The monoisotopic (exact) mass is 193 g/mol. The maximum Gasteiger partial charge on any atom is 0.0797 e. The van der Waals surface area contributed by atoms with Crippen molar-refractivity contribution in [2.24, 2.45) is 0 Å². The fourth-order valence-electron chi connectivity index (χ4n) is 1.08. The SMILES string of the molecule is C/C=C(C)\C=C(/CC)c1cncs1. The van der Waals surface area contributed by atoms with E-state index < -0.39 is 0 Å². The third-order valence-corrected chi connectivity index (χ3v) is 2.84. The van der Waals surface area contributed by atoms with Crippen LogP contribution in [0.4, 0.5) is 0 Å². The molecule has 0 N–H and O–H groups in total. The lowest BCUT2D eigenvalue weighted by Gasteiger charge is -2.00. The van der Waals surface area contributed by atoms with Crippen LogP contribution in [0, 0.1) is 0 Å². The molecule has 0 atom stereocenters. The van der Waals surface area contributed by atoms with Gasteiger partial charge in [-0.05, 0) is 25.8 Å². The largest absolute Gasteiger partial charge is 0.253 e. The van der Waals surface area contributed by atoms with Crippen LogP contribution in [0.3, 0.4) is 0 Å². The van der Waals surface area contributed by atoms with E-state index in [1.165, 1.54) is 16.0 Å². The Morgan fingerprint density at radius 2 is 2.38 bits per heavy atom. The second-order valence-corrected chi connectivity index (χ2v) is 3.81. The van der Waals surface area contributed by atoms with Crippen molar-refractivity contribution in [3.05, 3.63) is 34.3 Å². The van der Waals surface area contributed by atoms with Gasteiger partial charge in [0, 0.05) is 6.20 Å². The van der Waals surface area contributed by atoms with E-state index in [1.54, 1.807) is 11.3 Å². The Kier molecular flexibility index (Phi) is 3.90.